The molecule has 3 aromatic rings. The second-order valence-corrected chi connectivity index (χ2v) is 5.27. The Labute approximate surface area is 127 Å². The molecular weight excluding hydrogens is 286 g/mol. The van der Waals surface area contributed by atoms with Crippen molar-refractivity contribution in [2.24, 2.45) is 7.05 Å². The minimum absolute atomic E-state index is 0.0510. The average molecular weight is 300 g/mol. The first kappa shape index (κ1) is 13.6. The zero-order chi connectivity index (χ0) is 15.0. The smallest absolute Gasteiger partial charge is 0.251 e. The Balaban J connectivity index is 2.14. The molecule has 0 N–H and O–H groups in total. The summed E-state index contributed by atoms with van der Waals surface area (Å²) in [6, 6.07) is 12.7. The first-order chi connectivity index (χ1) is 10.1. The van der Waals surface area contributed by atoms with Gasteiger partial charge >= 0.3 is 0 Å². The summed E-state index contributed by atoms with van der Waals surface area (Å²) in [6.45, 7) is 1.91. The number of rotatable bonds is 2. The summed E-state index contributed by atoms with van der Waals surface area (Å²) in [5.41, 5.74) is 1.72. The summed E-state index contributed by atoms with van der Waals surface area (Å²) in [5.74, 6) is 1.59. The summed E-state index contributed by atoms with van der Waals surface area (Å²) in [5, 5.41) is 0.673. The molecule has 0 bridgehead atoms. The van der Waals surface area contributed by atoms with Crippen molar-refractivity contribution < 1.29 is 0 Å². The van der Waals surface area contributed by atoms with Crippen molar-refractivity contribution >= 4 is 11.6 Å². The molecule has 0 atom stereocenters. The maximum Gasteiger partial charge on any atom is 0.251 e. The van der Waals surface area contributed by atoms with E-state index in [-0.39, 0.29) is 5.56 Å². The van der Waals surface area contributed by atoms with Crippen molar-refractivity contribution in [2.45, 2.75) is 6.92 Å². The van der Waals surface area contributed by atoms with Crippen molar-refractivity contribution in [3.05, 3.63) is 69.9 Å². The fourth-order valence-corrected chi connectivity index (χ4v) is 2.48. The molecule has 0 aliphatic rings. The minimum Gasteiger partial charge on any atom is -0.297 e. The van der Waals surface area contributed by atoms with Crippen LogP contribution >= 0.6 is 11.6 Å². The molecule has 0 aliphatic heterocycles. The van der Waals surface area contributed by atoms with Gasteiger partial charge < -0.3 is 0 Å². The van der Waals surface area contributed by atoms with E-state index in [9.17, 15) is 4.79 Å². The Kier molecular flexibility index (Phi) is 3.39. The van der Waals surface area contributed by atoms with E-state index in [0.717, 1.165) is 22.9 Å². The van der Waals surface area contributed by atoms with Gasteiger partial charge in [0.25, 0.3) is 5.56 Å². The van der Waals surface area contributed by atoms with Crippen LogP contribution in [-0.4, -0.2) is 14.1 Å². The molecule has 0 saturated heterocycles. The Hall–Kier alpha value is -2.33. The summed E-state index contributed by atoms with van der Waals surface area (Å²) in [6.07, 6.45) is 1.91. The van der Waals surface area contributed by atoms with Crippen molar-refractivity contribution in [1.82, 2.24) is 14.1 Å². The zero-order valence-electron chi connectivity index (χ0n) is 11.7. The average Bonchev–Trinajstić information content (AvgIpc) is 2.84. The third-order valence-corrected chi connectivity index (χ3v) is 3.64. The summed E-state index contributed by atoms with van der Waals surface area (Å²) < 4.78 is 3.49. The summed E-state index contributed by atoms with van der Waals surface area (Å²) in [7, 11) is 1.75. The fourth-order valence-electron chi connectivity index (χ4n) is 2.29. The SMILES string of the molecule is Cc1nc(-c2cccc(Cl)c2)cn1-c1cccc(=O)n1C. The van der Waals surface area contributed by atoms with Crippen molar-refractivity contribution in [3.63, 3.8) is 0 Å². The normalized spacial score (nSPS) is 10.8. The standard InChI is InChI=1S/C16H14ClN3O/c1-11-18-14(12-5-3-6-13(17)9-12)10-20(11)15-7-4-8-16(21)19(15)2/h3-10H,1-2H3. The van der Waals surface area contributed by atoms with Crippen LogP contribution in [0.25, 0.3) is 17.1 Å². The largest absolute Gasteiger partial charge is 0.297 e. The van der Waals surface area contributed by atoms with E-state index in [2.05, 4.69) is 4.98 Å². The lowest BCUT2D eigenvalue weighted by molar-refractivity contribution is 0.779. The van der Waals surface area contributed by atoms with Crippen LogP contribution in [0.4, 0.5) is 0 Å². The quantitative estimate of drug-likeness (QED) is 0.729. The molecule has 0 amide bonds. The third kappa shape index (κ3) is 2.50. The predicted molar refractivity (Wildman–Crippen MR) is 84.0 cm³/mol. The number of imidazole rings is 1. The molecule has 2 aromatic heterocycles. The molecule has 0 radical (unpaired) electrons. The van der Waals surface area contributed by atoms with Gasteiger partial charge in [0.15, 0.2) is 0 Å². The maximum absolute atomic E-state index is 11.8. The van der Waals surface area contributed by atoms with Gasteiger partial charge in [-0.2, -0.15) is 0 Å². The number of benzene rings is 1. The fraction of sp³-hybridized carbons (Fsp3) is 0.125. The van der Waals surface area contributed by atoms with Crippen LogP contribution in [0.5, 0.6) is 0 Å². The highest BCUT2D eigenvalue weighted by Crippen LogP contribution is 2.23. The lowest BCUT2D eigenvalue weighted by atomic mass is 10.2. The molecule has 2 heterocycles. The number of hydrogen-bond donors (Lipinski definition) is 0. The lowest BCUT2D eigenvalue weighted by Crippen LogP contribution is -2.19. The highest BCUT2D eigenvalue weighted by molar-refractivity contribution is 6.30. The van der Waals surface area contributed by atoms with Gasteiger partial charge in [0.05, 0.1) is 5.69 Å². The van der Waals surface area contributed by atoms with Crippen LogP contribution in [0, 0.1) is 6.92 Å². The Bertz CT molecular complexity index is 864. The number of nitrogens with zero attached hydrogens (tertiary/aromatic N) is 3. The first-order valence-corrected chi connectivity index (χ1v) is 6.92. The van der Waals surface area contributed by atoms with E-state index in [1.54, 1.807) is 17.7 Å². The Morgan fingerprint density at radius 3 is 2.67 bits per heavy atom. The van der Waals surface area contributed by atoms with Crippen LogP contribution in [0.3, 0.4) is 0 Å². The van der Waals surface area contributed by atoms with Gasteiger partial charge in [-0.1, -0.05) is 29.8 Å². The van der Waals surface area contributed by atoms with Crippen LogP contribution in [0.15, 0.2) is 53.5 Å². The third-order valence-electron chi connectivity index (χ3n) is 3.41. The predicted octanol–water partition coefficient (Wildman–Crippen LogP) is 3.20. The minimum atomic E-state index is -0.0510. The van der Waals surface area contributed by atoms with Crippen LogP contribution in [0.1, 0.15) is 5.82 Å². The molecular formula is C16H14ClN3O. The van der Waals surface area contributed by atoms with E-state index >= 15 is 0 Å². The molecule has 4 nitrogen and oxygen atoms in total. The zero-order valence-corrected chi connectivity index (χ0v) is 12.5. The van der Waals surface area contributed by atoms with Crippen molar-refractivity contribution in [3.8, 4) is 17.1 Å². The molecule has 21 heavy (non-hydrogen) atoms. The molecule has 0 saturated carbocycles. The van der Waals surface area contributed by atoms with E-state index in [0.29, 0.717) is 5.02 Å². The number of aromatic nitrogens is 3. The van der Waals surface area contributed by atoms with Gasteiger partial charge in [0, 0.05) is 29.9 Å². The molecule has 0 spiro atoms. The maximum atomic E-state index is 11.8. The monoisotopic (exact) mass is 299 g/mol. The lowest BCUT2D eigenvalue weighted by Gasteiger charge is -2.09. The van der Waals surface area contributed by atoms with Gasteiger partial charge in [-0.05, 0) is 25.1 Å². The molecule has 3 rings (SSSR count). The summed E-state index contributed by atoms with van der Waals surface area (Å²) >= 11 is 6.02. The van der Waals surface area contributed by atoms with Gasteiger partial charge in [0.2, 0.25) is 0 Å². The van der Waals surface area contributed by atoms with E-state index in [1.165, 1.54) is 6.07 Å². The molecule has 1 aromatic carbocycles. The number of pyridine rings is 1. The Morgan fingerprint density at radius 2 is 1.90 bits per heavy atom. The van der Waals surface area contributed by atoms with Gasteiger partial charge in [-0.25, -0.2) is 4.98 Å². The van der Waals surface area contributed by atoms with Gasteiger partial charge in [0.1, 0.15) is 11.6 Å². The highest BCUT2D eigenvalue weighted by atomic mass is 35.5. The van der Waals surface area contributed by atoms with E-state index in [4.69, 9.17) is 11.6 Å². The topological polar surface area (TPSA) is 39.8 Å². The van der Waals surface area contributed by atoms with Crippen LogP contribution in [-0.2, 0) is 7.05 Å². The highest BCUT2D eigenvalue weighted by Gasteiger charge is 2.10. The molecule has 106 valence electrons. The summed E-state index contributed by atoms with van der Waals surface area (Å²) in [4.78, 5) is 16.3. The molecule has 0 unspecified atom stereocenters. The van der Waals surface area contributed by atoms with E-state index < -0.39 is 0 Å². The second kappa shape index (κ2) is 5.22. The van der Waals surface area contributed by atoms with Crippen LogP contribution in [0.2, 0.25) is 5.02 Å². The number of halogens is 1. The van der Waals surface area contributed by atoms with Gasteiger partial charge in [-0.15, -0.1) is 0 Å². The van der Waals surface area contributed by atoms with E-state index in [1.807, 2.05) is 48.0 Å². The number of aryl methyl sites for hydroxylation is 1. The van der Waals surface area contributed by atoms with Crippen molar-refractivity contribution in [1.29, 1.82) is 0 Å². The molecule has 0 fully saturated rings. The van der Waals surface area contributed by atoms with Gasteiger partial charge in [-0.3, -0.25) is 13.9 Å². The number of hydrogen-bond acceptors (Lipinski definition) is 2. The first-order valence-electron chi connectivity index (χ1n) is 6.54. The van der Waals surface area contributed by atoms with Crippen LogP contribution < -0.4 is 5.56 Å². The molecule has 0 aliphatic carbocycles. The second-order valence-electron chi connectivity index (χ2n) is 4.83. The van der Waals surface area contributed by atoms with Crippen molar-refractivity contribution in [2.75, 3.05) is 0 Å². The Morgan fingerprint density at radius 1 is 1.14 bits per heavy atom. The molecule has 5 heteroatoms.